The van der Waals surface area contributed by atoms with Crippen molar-refractivity contribution in [3.05, 3.63) is 36.7 Å². The molecule has 1 unspecified atom stereocenters. The zero-order valence-electron chi connectivity index (χ0n) is 8.87. The summed E-state index contributed by atoms with van der Waals surface area (Å²) in [7, 11) is 0. The standard InChI is InChI=1S/C12H18N2/c1-4-5-6-14-11(3)13-8-10(2)7-12(14)9-13/h4,7,12H,1,3,5-6,8-9H2,2H3. The maximum Gasteiger partial charge on any atom is 0.0974 e. The van der Waals surface area contributed by atoms with Gasteiger partial charge in [0.25, 0.3) is 0 Å². The summed E-state index contributed by atoms with van der Waals surface area (Å²) in [6.07, 6.45) is 5.38. The van der Waals surface area contributed by atoms with Crippen molar-refractivity contribution in [3.8, 4) is 0 Å². The van der Waals surface area contributed by atoms with Crippen LogP contribution in [-0.2, 0) is 0 Å². The van der Waals surface area contributed by atoms with Gasteiger partial charge in [-0.15, -0.1) is 6.58 Å². The Bertz CT molecular complexity index is 291. The van der Waals surface area contributed by atoms with Gasteiger partial charge in [-0.05, 0) is 13.3 Å². The molecule has 14 heavy (non-hydrogen) atoms. The van der Waals surface area contributed by atoms with Crippen LogP contribution < -0.4 is 0 Å². The number of rotatable bonds is 3. The molecule has 0 radical (unpaired) electrons. The Morgan fingerprint density at radius 3 is 3.14 bits per heavy atom. The van der Waals surface area contributed by atoms with E-state index in [0.717, 1.165) is 26.1 Å². The molecule has 0 spiro atoms. The maximum absolute atomic E-state index is 4.15. The Hall–Kier alpha value is -1.18. The van der Waals surface area contributed by atoms with E-state index < -0.39 is 0 Å². The molecule has 0 amide bonds. The number of nitrogens with zero attached hydrogens (tertiary/aromatic N) is 2. The molecular weight excluding hydrogens is 172 g/mol. The molecule has 0 aromatic carbocycles. The fourth-order valence-corrected chi connectivity index (χ4v) is 2.31. The summed E-state index contributed by atoms with van der Waals surface area (Å²) in [5.74, 6) is 1.19. The first-order valence-electron chi connectivity index (χ1n) is 5.21. The van der Waals surface area contributed by atoms with Gasteiger partial charge < -0.3 is 9.80 Å². The highest BCUT2D eigenvalue weighted by Gasteiger charge is 2.33. The Kier molecular flexibility index (Phi) is 2.36. The van der Waals surface area contributed by atoms with Crippen LogP contribution in [0.3, 0.4) is 0 Å². The fourth-order valence-electron chi connectivity index (χ4n) is 2.31. The van der Waals surface area contributed by atoms with Crippen LogP contribution in [0.15, 0.2) is 36.7 Å². The summed E-state index contributed by atoms with van der Waals surface area (Å²) in [6.45, 7) is 13.3. The summed E-state index contributed by atoms with van der Waals surface area (Å²) >= 11 is 0. The second kappa shape index (κ2) is 3.52. The van der Waals surface area contributed by atoms with E-state index in [2.05, 4.69) is 36.0 Å². The normalized spacial score (nSPS) is 25.4. The van der Waals surface area contributed by atoms with Crippen molar-refractivity contribution in [2.24, 2.45) is 0 Å². The summed E-state index contributed by atoms with van der Waals surface area (Å²) in [5.41, 5.74) is 1.46. The Labute approximate surface area is 86.2 Å². The molecule has 2 heteroatoms. The molecule has 1 saturated heterocycles. The average Bonchev–Trinajstić information content (AvgIpc) is 2.37. The van der Waals surface area contributed by atoms with Gasteiger partial charge in [0.15, 0.2) is 0 Å². The summed E-state index contributed by atoms with van der Waals surface area (Å²) in [6, 6.07) is 0.552. The lowest BCUT2D eigenvalue weighted by molar-refractivity contribution is 0.341. The lowest BCUT2D eigenvalue weighted by Crippen LogP contribution is -2.30. The van der Waals surface area contributed by atoms with Crippen LogP contribution in [0.2, 0.25) is 0 Å². The van der Waals surface area contributed by atoms with E-state index >= 15 is 0 Å². The quantitative estimate of drug-likeness (QED) is 0.628. The molecule has 1 fully saturated rings. The van der Waals surface area contributed by atoms with Gasteiger partial charge in [-0.25, -0.2) is 0 Å². The van der Waals surface area contributed by atoms with E-state index in [1.54, 1.807) is 0 Å². The molecule has 76 valence electrons. The van der Waals surface area contributed by atoms with Crippen molar-refractivity contribution in [1.29, 1.82) is 0 Å². The highest BCUT2D eigenvalue weighted by Crippen LogP contribution is 2.29. The summed E-state index contributed by atoms with van der Waals surface area (Å²) < 4.78 is 0. The second-order valence-electron chi connectivity index (χ2n) is 4.15. The highest BCUT2D eigenvalue weighted by molar-refractivity contribution is 5.22. The van der Waals surface area contributed by atoms with E-state index in [0.29, 0.717) is 6.04 Å². The van der Waals surface area contributed by atoms with Crippen molar-refractivity contribution in [3.63, 3.8) is 0 Å². The van der Waals surface area contributed by atoms with Gasteiger partial charge >= 0.3 is 0 Å². The summed E-state index contributed by atoms with van der Waals surface area (Å²) in [5, 5.41) is 0. The van der Waals surface area contributed by atoms with E-state index in [9.17, 15) is 0 Å². The molecule has 0 saturated carbocycles. The van der Waals surface area contributed by atoms with Crippen LogP contribution >= 0.6 is 0 Å². The van der Waals surface area contributed by atoms with Crippen molar-refractivity contribution in [2.75, 3.05) is 19.6 Å². The first-order valence-corrected chi connectivity index (χ1v) is 5.21. The predicted molar refractivity (Wildman–Crippen MR) is 59.8 cm³/mol. The zero-order valence-corrected chi connectivity index (χ0v) is 8.87. The van der Waals surface area contributed by atoms with E-state index in [-0.39, 0.29) is 0 Å². The third-order valence-corrected chi connectivity index (χ3v) is 3.00. The third kappa shape index (κ3) is 1.45. The van der Waals surface area contributed by atoms with Gasteiger partial charge in [-0.2, -0.15) is 0 Å². The highest BCUT2D eigenvalue weighted by atomic mass is 15.4. The fraction of sp³-hybridized carbons (Fsp3) is 0.500. The zero-order chi connectivity index (χ0) is 10.1. The van der Waals surface area contributed by atoms with Crippen LogP contribution in [0.25, 0.3) is 0 Å². The first kappa shape index (κ1) is 9.38. The molecule has 2 heterocycles. The van der Waals surface area contributed by atoms with Gasteiger partial charge in [0, 0.05) is 19.6 Å². The number of hydrogen-bond acceptors (Lipinski definition) is 2. The first-order chi connectivity index (χ1) is 6.72. The molecule has 2 bridgehead atoms. The third-order valence-electron chi connectivity index (χ3n) is 3.00. The molecule has 2 aliphatic rings. The van der Waals surface area contributed by atoms with Crippen molar-refractivity contribution in [2.45, 2.75) is 19.4 Å². The Morgan fingerprint density at radius 1 is 1.64 bits per heavy atom. The average molecular weight is 190 g/mol. The summed E-state index contributed by atoms with van der Waals surface area (Å²) in [4.78, 5) is 4.75. The lowest BCUT2D eigenvalue weighted by Gasteiger charge is -2.22. The topological polar surface area (TPSA) is 6.48 Å². The van der Waals surface area contributed by atoms with Crippen molar-refractivity contribution < 1.29 is 0 Å². The number of hydrogen-bond donors (Lipinski definition) is 0. The second-order valence-corrected chi connectivity index (χ2v) is 4.15. The van der Waals surface area contributed by atoms with Crippen molar-refractivity contribution in [1.82, 2.24) is 9.80 Å². The minimum atomic E-state index is 0.552. The lowest BCUT2D eigenvalue weighted by atomic mass is 10.1. The van der Waals surface area contributed by atoms with E-state index in [1.165, 1.54) is 11.4 Å². The van der Waals surface area contributed by atoms with Crippen molar-refractivity contribution >= 4 is 0 Å². The molecule has 0 N–H and O–H groups in total. The minimum absolute atomic E-state index is 0.552. The molecule has 2 aliphatic heterocycles. The van der Waals surface area contributed by atoms with Crippen LogP contribution in [-0.4, -0.2) is 35.5 Å². The largest absolute Gasteiger partial charge is 0.352 e. The Morgan fingerprint density at radius 2 is 2.43 bits per heavy atom. The molecule has 0 aromatic rings. The molecule has 1 atom stereocenters. The van der Waals surface area contributed by atoms with Gasteiger partial charge in [0.2, 0.25) is 0 Å². The Balaban J connectivity index is 2.11. The molecular formula is C12H18N2. The molecule has 2 nitrogen and oxygen atoms in total. The minimum Gasteiger partial charge on any atom is -0.352 e. The van der Waals surface area contributed by atoms with Crippen LogP contribution in [0.1, 0.15) is 13.3 Å². The van der Waals surface area contributed by atoms with Gasteiger partial charge in [-0.3, -0.25) is 0 Å². The van der Waals surface area contributed by atoms with Crippen LogP contribution in [0, 0.1) is 0 Å². The monoisotopic (exact) mass is 190 g/mol. The van der Waals surface area contributed by atoms with E-state index in [1.807, 2.05) is 6.08 Å². The maximum atomic E-state index is 4.15. The van der Waals surface area contributed by atoms with Crippen LogP contribution in [0.4, 0.5) is 0 Å². The molecule has 0 aromatic heterocycles. The number of fused-ring (bicyclic) bond motifs is 2. The SMILES string of the molecule is C=CCCN1C(=C)N2CC(C)=CC1C2. The van der Waals surface area contributed by atoms with Gasteiger partial charge in [-0.1, -0.05) is 24.3 Å². The smallest absolute Gasteiger partial charge is 0.0974 e. The van der Waals surface area contributed by atoms with Gasteiger partial charge in [0.1, 0.15) is 0 Å². The molecule has 0 aliphatic carbocycles. The van der Waals surface area contributed by atoms with E-state index in [4.69, 9.17) is 0 Å². The van der Waals surface area contributed by atoms with Crippen LogP contribution in [0.5, 0.6) is 0 Å². The van der Waals surface area contributed by atoms with Gasteiger partial charge in [0.05, 0.1) is 11.9 Å². The molecule has 2 rings (SSSR count). The predicted octanol–water partition coefficient (Wildman–Crippen LogP) is 1.98.